The van der Waals surface area contributed by atoms with Crippen molar-refractivity contribution in [3.8, 4) is 0 Å². The van der Waals surface area contributed by atoms with Gasteiger partial charge in [-0.1, -0.05) is 32.4 Å². The summed E-state index contributed by atoms with van der Waals surface area (Å²) >= 11 is 0. The molecule has 0 saturated carbocycles. The summed E-state index contributed by atoms with van der Waals surface area (Å²) in [4.78, 5) is 4.43. The van der Waals surface area contributed by atoms with Crippen LogP contribution in [0.25, 0.3) is 5.57 Å². The van der Waals surface area contributed by atoms with Crippen molar-refractivity contribution in [3.05, 3.63) is 35.2 Å². The number of fused-ring (bicyclic) bond motifs is 1. The molecule has 0 fully saturated rings. The normalized spacial score (nSPS) is 16.0. The number of allylic oxidation sites excluding steroid dienone is 2. The molecule has 1 heteroatoms. The predicted octanol–water partition coefficient (Wildman–Crippen LogP) is 3.46. The van der Waals surface area contributed by atoms with Gasteiger partial charge in [0, 0.05) is 12.6 Å². The van der Waals surface area contributed by atoms with Crippen LogP contribution < -0.4 is 0 Å². The topological polar surface area (TPSA) is 12.9 Å². The highest BCUT2D eigenvalue weighted by Crippen LogP contribution is 2.40. The number of hydrogen-bond donors (Lipinski definition) is 0. The smallest absolute Gasteiger partial charge is 0.0519 e. The Morgan fingerprint density at radius 2 is 2.00 bits per heavy atom. The molecule has 0 unspecified atom stereocenters. The molecule has 0 bridgehead atoms. The Kier molecular flexibility index (Phi) is 1.99. The van der Waals surface area contributed by atoms with Crippen LogP contribution in [-0.4, -0.2) is 4.98 Å². The quantitative estimate of drug-likeness (QED) is 0.606. The van der Waals surface area contributed by atoms with Crippen LogP contribution >= 0.6 is 0 Å². The van der Waals surface area contributed by atoms with Crippen molar-refractivity contribution in [2.45, 2.75) is 34.1 Å². The number of aromatic nitrogens is 1. The van der Waals surface area contributed by atoms with Crippen LogP contribution in [0.3, 0.4) is 0 Å². The van der Waals surface area contributed by atoms with E-state index in [4.69, 9.17) is 0 Å². The number of nitrogens with zero attached hydrogens (tertiary/aromatic N) is 1. The molecule has 0 N–H and O–H groups in total. The summed E-state index contributed by atoms with van der Waals surface area (Å²) in [6.45, 7) is 9.04. The van der Waals surface area contributed by atoms with Gasteiger partial charge in [-0.15, -0.1) is 0 Å². The molecule has 2 rings (SSSR count). The van der Waals surface area contributed by atoms with E-state index >= 15 is 0 Å². The Morgan fingerprint density at radius 3 is 2.57 bits per heavy atom. The van der Waals surface area contributed by atoms with Crippen LogP contribution in [0.4, 0.5) is 0 Å². The standard InChI is InChI=1S/C13H17N/c1-9-10-6-5-7-14-12(10)8-11(9)13(2,3)4/h5-7H,8H2,1-4H3. The first-order valence-electron chi connectivity index (χ1n) is 5.14. The van der Waals surface area contributed by atoms with Crippen LogP contribution in [0.1, 0.15) is 39.0 Å². The second-order valence-corrected chi connectivity index (χ2v) is 5.03. The molecule has 1 aliphatic carbocycles. The van der Waals surface area contributed by atoms with Gasteiger partial charge < -0.3 is 0 Å². The monoisotopic (exact) mass is 187 g/mol. The van der Waals surface area contributed by atoms with E-state index in [1.54, 1.807) is 0 Å². The molecule has 1 aromatic heterocycles. The van der Waals surface area contributed by atoms with E-state index in [0.717, 1.165) is 6.42 Å². The first-order valence-corrected chi connectivity index (χ1v) is 5.14. The predicted molar refractivity (Wildman–Crippen MR) is 60.0 cm³/mol. The molecule has 14 heavy (non-hydrogen) atoms. The van der Waals surface area contributed by atoms with Gasteiger partial charge in [0.05, 0.1) is 5.69 Å². The molecule has 74 valence electrons. The zero-order valence-corrected chi connectivity index (χ0v) is 9.39. The Bertz CT molecular complexity index is 394. The molecule has 0 aliphatic heterocycles. The fourth-order valence-electron chi connectivity index (χ4n) is 2.21. The van der Waals surface area contributed by atoms with Crippen molar-refractivity contribution in [2.24, 2.45) is 5.41 Å². The van der Waals surface area contributed by atoms with Crippen molar-refractivity contribution < 1.29 is 0 Å². The Hall–Kier alpha value is -1.11. The molecule has 0 aromatic carbocycles. The lowest BCUT2D eigenvalue weighted by molar-refractivity contribution is 0.495. The maximum atomic E-state index is 4.43. The van der Waals surface area contributed by atoms with Crippen LogP contribution in [-0.2, 0) is 6.42 Å². The first-order chi connectivity index (χ1) is 6.50. The van der Waals surface area contributed by atoms with Gasteiger partial charge in [0.2, 0.25) is 0 Å². The number of hydrogen-bond acceptors (Lipinski definition) is 1. The summed E-state index contributed by atoms with van der Waals surface area (Å²) < 4.78 is 0. The minimum atomic E-state index is 0.269. The van der Waals surface area contributed by atoms with E-state index in [1.165, 1.54) is 22.4 Å². The molecular weight excluding hydrogens is 170 g/mol. The number of pyridine rings is 1. The molecule has 0 saturated heterocycles. The minimum Gasteiger partial charge on any atom is -0.260 e. The lowest BCUT2D eigenvalue weighted by atomic mass is 9.84. The SMILES string of the molecule is CC1=C(C(C)(C)C)Cc2ncccc21. The van der Waals surface area contributed by atoms with Gasteiger partial charge in [0.25, 0.3) is 0 Å². The van der Waals surface area contributed by atoms with Crippen LogP contribution in [0, 0.1) is 5.41 Å². The van der Waals surface area contributed by atoms with E-state index in [-0.39, 0.29) is 5.41 Å². The molecule has 1 nitrogen and oxygen atoms in total. The third-order valence-electron chi connectivity index (χ3n) is 3.00. The second kappa shape index (κ2) is 2.94. The highest BCUT2D eigenvalue weighted by atomic mass is 14.7. The summed E-state index contributed by atoms with van der Waals surface area (Å²) in [5, 5.41) is 0. The highest BCUT2D eigenvalue weighted by molar-refractivity contribution is 5.74. The maximum absolute atomic E-state index is 4.43. The molecule has 1 aliphatic rings. The van der Waals surface area contributed by atoms with Crippen molar-refractivity contribution in [1.82, 2.24) is 4.98 Å². The van der Waals surface area contributed by atoms with E-state index in [1.807, 2.05) is 12.3 Å². The van der Waals surface area contributed by atoms with E-state index < -0.39 is 0 Å². The van der Waals surface area contributed by atoms with Gasteiger partial charge in [0.15, 0.2) is 0 Å². The van der Waals surface area contributed by atoms with Gasteiger partial charge in [0.1, 0.15) is 0 Å². The van der Waals surface area contributed by atoms with Crippen molar-refractivity contribution in [3.63, 3.8) is 0 Å². The van der Waals surface area contributed by atoms with E-state index in [9.17, 15) is 0 Å². The van der Waals surface area contributed by atoms with Crippen molar-refractivity contribution in [2.75, 3.05) is 0 Å². The lowest BCUT2D eigenvalue weighted by Crippen LogP contribution is -2.10. The maximum Gasteiger partial charge on any atom is 0.0519 e. The fraction of sp³-hybridized carbons (Fsp3) is 0.462. The summed E-state index contributed by atoms with van der Waals surface area (Å²) in [7, 11) is 0. The third kappa shape index (κ3) is 1.37. The van der Waals surface area contributed by atoms with Crippen LogP contribution in [0.15, 0.2) is 23.9 Å². The zero-order valence-electron chi connectivity index (χ0n) is 9.39. The first kappa shape index (κ1) is 9.45. The second-order valence-electron chi connectivity index (χ2n) is 5.03. The van der Waals surface area contributed by atoms with Gasteiger partial charge >= 0.3 is 0 Å². The summed E-state index contributed by atoms with van der Waals surface area (Å²) in [5.41, 5.74) is 5.82. The van der Waals surface area contributed by atoms with E-state index in [2.05, 4.69) is 38.7 Å². The molecule has 0 radical (unpaired) electrons. The Balaban J connectivity index is 2.50. The molecular formula is C13H17N. The van der Waals surface area contributed by atoms with Crippen LogP contribution in [0.2, 0.25) is 0 Å². The molecule has 0 amide bonds. The number of rotatable bonds is 0. The summed E-state index contributed by atoms with van der Waals surface area (Å²) in [6, 6.07) is 4.20. The zero-order chi connectivity index (χ0) is 10.3. The van der Waals surface area contributed by atoms with Gasteiger partial charge in [-0.25, -0.2) is 0 Å². The average Bonchev–Trinajstić information content (AvgIpc) is 2.44. The Morgan fingerprint density at radius 1 is 1.29 bits per heavy atom. The molecule has 1 heterocycles. The summed E-state index contributed by atoms with van der Waals surface area (Å²) in [6.07, 6.45) is 2.92. The highest BCUT2D eigenvalue weighted by Gasteiger charge is 2.27. The third-order valence-corrected chi connectivity index (χ3v) is 3.00. The van der Waals surface area contributed by atoms with Gasteiger partial charge in [-0.05, 0) is 29.5 Å². The Labute approximate surface area is 85.9 Å². The van der Waals surface area contributed by atoms with E-state index in [0.29, 0.717) is 0 Å². The van der Waals surface area contributed by atoms with Gasteiger partial charge in [-0.2, -0.15) is 0 Å². The minimum absolute atomic E-state index is 0.269. The largest absolute Gasteiger partial charge is 0.260 e. The molecule has 1 aromatic rings. The van der Waals surface area contributed by atoms with Crippen molar-refractivity contribution >= 4 is 5.57 Å². The molecule has 0 spiro atoms. The average molecular weight is 187 g/mol. The molecule has 0 atom stereocenters. The summed E-state index contributed by atoms with van der Waals surface area (Å²) in [5.74, 6) is 0. The lowest BCUT2D eigenvalue weighted by Gasteiger charge is -2.21. The van der Waals surface area contributed by atoms with Gasteiger partial charge in [-0.3, -0.25) is 4.98 Å². The van der Waals surface area contributed by atoms with Crippen molar-refractivity contribution in [1.29, 1.82) is 0 Å². The fourth-order valence-corrected chi connectivity index (χ4v) is 2.21. The van der Waals surface area contributed by atoms with Crippen LogP contribution in [0.5, 0.6) is 0 Å².